The number of nitrogen functional groups attached to an aromatic ring is 1. The van der Waals surface area contributed by atoms with E-state index in [0.29, 0.717) is 35.7 Å². The molecule has 9 nitrogen and oxygen atoms in total. The van der Waals surface area contributed by atoms with Crippen molar-refractivity contribution in [3.8, 4) is 34.9 Å². The number of rotatable bonds is 7. The lowest BCUT2D eigenvalue weighted by molar-refractivity contribution is 0.0696. The van der Waals surface area contributed by atoms with Crippen molar-refractivity contribution in [1.82, 2.24) is 4.98 Å². The number of aromatic nitrogens is 1. The van der Waals surface area contributed by atoms with E-state index in [1.807, 2.05) is 6.07 Å². The van der Waals surface area contributed by atoms with Crippen molar-refractivity contribution < 1.29 is 24.1 Å². The number of nitrogens with two attached hydrogens (primary N) is 1. The fourth-order valence-electron chi connectivity index (χ4n) is 3.64. The van der Waals surface area contributed by atoms with E-state index < -0.39 is 5.97 Å². The molecule has 1 aliphatic heterocycles. The summed E-state index contributed by atoms with van der Waals surface area (Å²) in [6.45, 7) is 1.17. The highest BCUT2D eigenvalue weighted by atomic mass is 16.5. The van der Waals surface area contributed by atoms with Crippen LogP contribution in [0.5, 0.6) is 11.6 Å². The van der Waals surface area contributed by atoms with E-state index in [1.165, 1.54) is 12.1 Å². The van der Waals surface area contributed by atoms with Crippen LogP contribution in [0.2, 0.25) is 0 Å². The largest absolute Gasteiger partial charge is 0.488 e. The zero-order chi connectivity index (χ0) is 24.1. The molecule has 1 saturated heterocycles. The number of aromatic carboxylic acids is 1. The number of hydrogen-bond donors (Lipinski definition) is 2. The Bertz CT molecular complexity index is 1300. The number of carboxylic acid groups (broad SMARTS) is 1. The molecule has 0 bridgehead atoms. The third-order valence-corrected chi connectivity index (χ3v) is 5.30. The van der Waals surface area contributed by atoms with Crippen LogP contribution in [0.15, 0.2) is 48.5 Å². The van der Waals surface area contributed by atoms with Gasteiger partial charge in [-0.25, -0.2) is 4.79 Å². The Morgan fingerprint density at radius 2 is 1.94 bits per heavy atom. The van der Waals surface area contributed by atoms with Crippen molar-refractivity contribution in [3.63, 3.8) is 0 Å². The van der Waals surface area contributed by atoms with Gasteiger partial charge in [-0.15, -0.1) is 0 Å². The molecule has 2 heterocycles. The summed E-state index contributed by atoms with van der Waals surface area (Å²) in [7, 11) is 0. The molecular formula is C25H20N4O5. The highest BCUT2D eigenvalue weighted by molar-refractivity contribution is 5.87. The number of anilines is 1. The zero-order valence-corrected chi connectivity index (χ0v) is 18.0. The Morgan fingerprint density at radius 3 is 2.59 bits per heavy atom. The van der Waals surface area contributed by atoms with Gasteiger partial charge in [0.15, 0.2) is 0 Å². The summed E-state index contributed by atoms with van der Waals surface area (Å²) in [5, 5.41) is 28.8. The Morgan fingerprint density at radius 1 is 1.18 bits per heavy atom. The fourth-order valence-corrected chi connectivity index (χ4v) is 3.64. The average molecular weight is 456 g/mol. The second-order valence-corrected chi connectivity index (χ2v) is 7.57. The van der Waals surface area contributed by atoms with Crippen molar-refractivity contribution >= 4 is 11.8 Å². The molecule has 1 fully saturated rings. The van der Waals surface area contributed by atoms with E-state index >= 15 is 0 Å². The maximum absolute atomic E-state index is 11.2. The summed E-state index contributed by atoms with van der Waals surface area (Å²) in [6, 6.07) is 17.3. The van der Waals surface area contributed by atoms with Crippen molar-refractivity contribution in [2.75, 3.05) is 18.9 Å². The number of benzene rings is 2. The lowest BCUT2D eigenvalue weighted by Crippen LogP contribution is -2.15. The molecule has 1 unspecified atom stereocenters. The average Bonchev–Trinajstić information content (AvgIpc) is 3.36. The van der Waals surface area contributed by atoms with E-state index in [2.05, 4.69) is 11.1 Å². The molecular weight excluding hydrogens is 436 g/mol. The van der Waals surface area contributed by atoms with Crippen molar-refractivity contribution in [2.24, 2.45) is 0 Å². The summed E-state index contributed by atoms with van der Waals surface area (Å²) in [5.74, 6) is -0.532. The minimum absolute atomic E-state index is 0.00797. The quantitative estimate of drug-likeness (QED) is 0.544. The molecule has 0 amide bonds. The Labute approximate surface area is 195 Å². The van der Waals surface area contributed by atoms with Gasteiger partial charge in [-0.1, -0.05) is 24.3 Å². The fraction of sp³-hybridized carbons (Fsp3) is 0.200. The first-order chi connectivity index (χ1) is 16.5. The first-order valence-corrected chi connectivity index (χ1v) is 10.4. The number of ether oxygens (including phenoxy) is 3. The third kappa shape index (κ3) is 4.75. The standard InChI is InChI=1S/C25H20N4O5/c26-11-20-22(16-4-6-18(7-5-16)34-19-8-9-32-14-19)21(12-27)24(29-23(20)28)33-13-15-2-1-3-17(10-15)25(30)31/h1-7,10,19H,8-9,13-14H2,(H2,28,29)(H,30,31). The molecule has 34 heavy (non-hydrogen) atoms. The van der Waals surface area contributed by atoms with Crippen LogP contribution in [-0.4, -0.2) is 35.4 Å². The summed E-state index contributed by atoms with van der Waals surface area (Å²) >= 11 is 0. The number of carbonyl (C=O) groups is 1. The summed E-state index contributed by atoms with van der Waals surface area (Å²) in [4.78, 5) is 15.3. The highest BCUT2D eigenvalue weighted by Gasteiger charge is 2.22. The Hall–Kier alpha value is -4.60. The van der Waals surface area contributed by atoms with Crippen LogP contribution in [0, 0.1) is 22.7 Å². The SMILES string of the molecule is N#Cc1c(N)nc(OCc2cccc(C(=O)O)c2)c(C#N)c1-c1ccc(OC2CCOC2)cc1. The number of nitriles is 2. The van der Waals surface area contributed by atoms with Gasteiger partial charge in [-0.05, 0) is 35.4 Å². The monoisotopic (exact) mass is 456 g/mol. The summed E-state index contributed by atoms with van der Waals surface area (Å²) in [6.07, 6.45) is 0.807. The number of pyridine rings is 1. The van der Waals surface area contributed by atoms with Gasteiger partial charge in [0.2, 0.25) is 5.88 Å². The van der Waals surface area contributed by atoms with Crippen LogP contribution in [0.25, 0.3) is 11.1 Å². The summed E-state index contributed by atoms with van der Waals surface area (Å²) < 4.78 is 17.0. The molecule has 170 valence electrons. The number of hydrogen-bond acceptors (Lipinski definition) is 8. The second-order valence-electron chi connectivity index (χ2n) is 7.57. The minimum Gasteiger partial charge on any atom is -0.488 e. The lowest BCUT2D eigenvalue weighted by atomic mass is 9.96. The van der Waals surface area contributed by atoms with Crippen LogP contribution in [0.1, 0.15) is 33.5 Å². The smallest absolute Gasteiger partial charge is 0.335 e. The maximum atomic E-state index is 11.2. The van der Waals surface area contributed by atoms with Crippen LogP contribution >= 0.6 is 0 Å². The molecule has 0 aliphatic carbocycles. The molecule has 4 rings (SSSR count). The summed E-state index contributed by atoms with van der Waals surface area (Å²) in [5.41, 5.74) is 7.72. The third-order valence-electron chi connectivity index (χ3n) is 5.30. The normalized spacial score (nSPS) is 14.7. The molecule has 2 aromatic carbocycles. The molecule has 0 radical (unpaired) electrons. The van der Waals surface area contributed by atoms with Gasteiger partial charge < -0.3 is 25.1 Å². The predicted molar refractivity (Wildman–Crippen MR) is 121 cm³/mol. The van der Waals surface area contributed by atoms with E-state index in [9.17, 15) is 20.4 Å². The molecule has 9 heteroatoms. The van der Waals surface area contributed by atoms with E-state index in [-0.39, 0.29) is 41.1 Å². The van der Waals surface area contributed by atoms with Gasteiger partial charge >= 0.3 is 5.97 Å². The molecule has 0 spiro atoms. The topological polar surface area (TPSA) is 151 Å². The van der Waals surface area contributed by atoms with Crippen LogP contribution in [0.3, 0.4) is 0 Å². The molecule has 3 aromatic rings. The molecule has 1 atom stereocenters. The first kappa shape index (κ1) is 22.6. The lowest BCUT2D eigenvalue weighted by Gasteiger charge is -2.15. The van der Waals surface area contributed by atoms with Gasteiger partial charge in [-0.2, -0.15) is 15.5 Å². The van der Waals surface area contributed by atoms with Gasteiger partial charge in [0.1, 0.15) is 47.5 Å². The van der Waals surface area contributed by atoms with Gasteiger partial charge in [0.05, 0.1) is 18.8 Å². The van der Waals surface area contributed by atoms with E-state index in [4.69, 9.17) is 19.9 Å². The predicted octanol–water partition coefficient (Wildman–Crippen LogP) is 3.52. The first-order valence-electron chi connectivity index (χ1n) is 10.4. The molecule has 1 aliphatic rings. The Balaban J connectivity index is 1.66. The zero-order valence-electron chi connectivity index (χ0n) is 18.0. The van der Waals surface area contributed by atoms with Gasteiger partial charge in [-0.3, -0.25) is 0 Å². The van der Waals surface area contributed by atoms with E-state index in [0.717, 1.165) is 6.42 Å². The van der Waals surface area contributed by atoms with Gasteiger partial charge in [0.25, 0.3) is 0 Å². The maximum Gasteiger partial charge on any atom is 0.335 e. The number of nitrogens with zero attached hydrogens (tertiary/aromatic N) is 3. The number of carboxylic acids is 1. The minimum atomic E-state index is -1.06. The van der Waals surface area contributed by atoms with Crippen molar-refractivity contribution in [2.45, 2.75) is 19.1 Å². The van der Waals surface area contributed by atoms with Crippen LogP contribution < -0.4 is 15.2 Å². The highest BCUT2D eigenvalue weighted by Crippen LogP contribution is 2.36. The molecule has 3 N–H and O–H groups in total. The van der Waals surface area contributed by atoms with Crippen molar-refractivity contribution in [1.29, 1.82) is 10.5 Å². The van der Waals surface area contributed by atoms with Crippen LogP contribution in [0.4, 0.5) is 5.82 Å². The second kappa shape index (κ2) is 9.90. The molecule has 1 aromatic heterocycles. The van der Waals surface area contributed by atoms with Gasteiger partial charge in [0, 0.05) is 12.0 Å². The van der Waals surface area contributed by atoms with Crippen LogP contribution in [-0.2, 0) is 11.3 Å². The van der Waals surface area contributed by atoms with Crippen molar-refractivity contribution in [3.05, 3.63) is 70.8 Å². The molecule has 0 saturated carbocycles. The Kier molecular flexibility index (Phi) is 6.58. The van der Waals surface area contributed by atoms with E-state index in [1.54, 1.807) is 36.4 Å².